The van der Waals surface area contributed by atoms with Crippen molar-refractivity contribution in [3.63, 3.8) is 0 Å². The summed E-state index contributed by atoms with van der Waals surface area (Å²) in [6.07, 6.45) is 0.379. The molecule has 2 saturated heterocycles. The molecule has 2 aliphatic heterocycles. The maximum Gasteiger partial charge on any atom is 0.248 e. The molecule has 10 heteroatoms. The number of methoxy groups -OCH3 is 2. The second-order valence-corrected chi connectivity index (χ2v) is 10.3. The Balaban J connectivity index is 1.45. The van der Waals surface area contributed by atoms with Crippen LogP contribution in [0.4, 0.5) is 5.69 Å². The summed E-state index contributed by atoms with van der Waals surface area (Å²) < 4.78 is 28.7. The molecule has 10 nitrogen and oxygen atoms in total. The lowest BCUT2D eigenvalue weighted by atomic mass is 9.85. The summed E-state index contributed by atoms with van der Waals surface area (Å²) in [7, 11) is 3.32. The van der Waals surface area contributed by atoms with Crippen molar-refractivity contribution in [3.8, 4) is 11.5 Å². The number of rotatable bonds is 13. The van der Waals surface area contributed by atoms with Gasteiger partial charge in [-0.25, -0.2) is 0 Å². The maximum atomic E-state index is 13.0. The fourth-order valence-corrected chi connectivity index (χ4v) is 5.26. The van der Waals surface area contributed by atoms with Crippen LogP contribution in [-0.4, -0.2) is 101 Å². The number of aromatic hydroxyl groups is 1. The normalized spacial score (nSPS) is 23.1. The zero-order valence-corrected chi connectivity index (χ0v) is 23.8. The van der Waals surface area contributed by atoms with Crippen LogP contribution in [0.15, 0.2) is 42.5 Å². The highest BCUT2D eigenvalue weighted by Gasteiger charge is 2.37. The molecule has 0 bridgehead atoms. The number of phenolic OH excluding ortho intramolecular Hbond substituents is 1. The van der Waals surface area contributed by atoms with Crippen LogP contribution >= 0.6 is 0 Å². The fourth-order valence-electron chi connectivity index (χ4n) is 5.26. The molecule has 2 heterocycles. The van der Waals surface area contributed by atoms with Gasteiger partial charge in [0.25, 0.3) is 0 Å². The van der Waals surface area contributed by atoms with E-state index in [2.05, 4.69) is 10.6 Å². The molecule has 2 aromatic carbocycles. The van der Waals surface area contributed by atoms with Gasteiger partial charge in [0.1, 0.15) is 18.1 Å². The first-order valence-electron chi connectivity index (χ1n) is 14.0. The topological polar surface area (TPSA) is 111 Å². The van der Waals surface area contributed by atoms with E-state index in [1.165, 1.54) is 0 Å². The number of amides is 1. The van der Waals surface area contributed by atoms with Crippen LogP contribution in [-0.2, 0) is 30.3 Å². The van der Waals surface area contributed by atoms with Crippen molar-refractivity contribution in [1.29, 1.82) is 0 Å². The number of benzene rings is 2. The van der Waals surface area contributed by atoms with Crippen LogP contribution in [0.25, 0.3) is 0 Å². The highest BCUT2D eigenvalue weighted by Crippen LogP contribution is 2.32. The van der Waals surface area contributed by atoms with Gasteiger partial charge in [-0.2, -0.15) is 0 Å². The molecule has 2 fully saturated rings. The minimum absolute atomic E-state index is 0.00608. The number of carbonyl (C=O) groups excluding carboxylic acids is 1. The average Bonchev–Trinajstić information content (AvgIpc) is 2.98. The summed E-state index contributed by atoms with van der Waals surface area (Å²) in [5.41, 5.74) is 2.68. The van der Waals surface area contributed by atoms with E-state index < -0.39 is 0 Å². The highest BCUT2D eigenvalue weighted by atomic mass is 16.5. The molecular formula is C30H43N3O7. The first-order chi connectivity index (χ1) is 19.5. The van der Waals surface area contributed by atoms with Crippen LogP contribution in [0.3, 0.4) is 0 Å². The molecule has 0 spiro atoms. The summed E-state index contributed by atoms with van der Waals surface area (Å²) in [5.74, 6) is 0.857. The van der Waals surface area contributed by atoms with Gasteiger partial charge in [0.2, 0.25) is 5.91 Å². The Bertz CT molecular complexity index is 1070. The predicted octanol–water partition coefficient (Wildman–Crippen LogP) is 2.75. The maximum absolute atomic E-state index is 13.0. The third-order valence-corrected chi connectivity index (χ3v) is 7.47. The molecule has 2 aliphatic rings. The lowest BCUT2D eigenvalue weighted by molar-refractivity contribution is -0.148. The van der Waals surface area contributed by atoms with E-state index in [1.54, 1.807) is 20.3 Å². The molecule has 4 rings (SSSR count). The van der Waals surface area contributed by atoms with Gasteiger partial charge in [0.05, 0.1) is 50.9 Å². The largest absolute Gasteiger partial charge is 0.506 e. The molecule has 0 aliphatic carbocycles. The third kappa shape index (κ3) is 8.08. The monoisotopic (exact) mass is 557 g/mol. The van der Waals surface area contributed by atoms with Gasteiger partial charge in [-0.3, -0.25) is 4.79 Å². The van der Waals surface area contributed by atoms with E-state index in [0.717, 1.165) is 23.3 Å². The third-order valence-electron chi connectivity index (χ3n) is 7.47. The van der Waals surface area contributed by atoms with Gasteiger partial charge in [-0.05, 0) is 48.7 Å². The van der Waals surface area contributed by atoms with E-state index in [-0.39, 0.29) is 42.4 Å². The second kappa shape index (κ2) is 15.2. The molecule has 40 heavy (non-hydrogen) atoms. The highest BCUT2D eigenvalue weighted by molar-refractivity contribution is 5.77. The van der Waals surface area contributed by atoms with Crippen LogP contribution in [0.1, 0.15) is 30.4 Å². The van der Waals surface area contributed by atoms with Gasteiger partial charge in [0, 0.05) is 45.8 Å². The number of ether oxygens (including phenoxy) is 5. The van der Waals surface area contributed by atoms with Crippen molar-refractivity contribution in [2.24, 2.45) is 0 Å². The predicted molar refractivity (Wildman–Crippen MR) is 152 cm³/mol. The number of carbonyl (C=O) groups is 1. The molecule has 4 atom stereocenters. The van der Waals surface area contributed by atoms with E-state index in [1.807, 2.05) is 48.2 Å². The molecule has 1 amide bonds. The molecule has 0 saturated carbocycles. The second-order valence-electron chi connectivity index (χ2n) is 10.3. The van der Waals surface area contributed by atoms with Crippen molar-refractivity contribution < 1.29 is 33.6 Å². The number of nitrogens with zero attached hydrogens (tertiary/aromatic N) is 1. The molecule has 0 aromatic heterocycles. The van der Waals surface area contributed by atoms with Crippen molar-refractivity contribution in [2.75, 3.05) is 72.1 Å². The molecule has 1 unspecified atom stereocenters. The SMILES string of the molecule is COCCCNc1cc(CO[C@H]2CNC[C@@H](OCC(=O)N3CCOC[C@H]3C)C2c2ccc(OC)cc2)ccc1O. The number of phenols is 1. The Morgan fingerprint density at radius 1 is 1.12 bits per heavy atom. The summed E-state index contributed by atoms with van der Waals surface area (Å²) in [6, 6.07) is 13.4. The van der Waals surface area contributed by atoms with Gasteiger partial charge < -0.3 is 44.3 Å². The Hall–Kier alpha value is -2.89. The quantitative estimate of drug-likeness (QED) is 0.253. The van der Waals surface area contributed by atoms with Crippen molar-refractivity contribution in [1.82, 2.24) is 10.2 Å². The lowest BCUT2D eigenvalue weighted by Crippen LogP contribution is -2.52. The van der Waals surface area contributed by atoms with Crippen LogP contribution in [0.2, 0.25) is 0 Å². The Kier molecular flexibility index (Phi) is 11.4. The van der Waals surface area contributed by atoms with Crippen molar-refractivity contribution >= 4 is 11.6 Å². The number of anilines is 1. The zero-order valence-electron chi connectivity index (χ0n) is 23.8. The molecular weight excluding hydrogens is 514 g/mol. The first kappa shape index (κ1) is 30.1. The summed E-state index contributed by atoms with van der Waals surface area (Å²) in [5, 5.41) is 17.0. The Morgan fingerprint density at radius 2 is 1.90 bits per heavy atom. The lowest BCUT2D eigenvalue weighted by Gasteiger charge is -2.39. The van der Waals surface area contributed by atoms with E-state index in [4.69, 9.17) is 23.7 Å². The van der Waals surface area contributed by atoms with Gasteiger partial charge in [-0.1, -0.05) is 18.2 Å². The first-order valence-corrected chi connectivity index (χ1v) is 14.0. The molecule has 0 radical (unpaired) electrons. The van der Waals surface area contributed by atoms with Crippen LogP contribution < -0.4 is 15.4 Å². The fraction of sp³-hybridized carbons (Fsp3) is 0.567. The van der Waals surface area contributed by atoms with Gasteiger partial charge >= 0.3 is 0 Å². The number of hydrogen-bond donors (Lipinski definition) is 3. The minimum Gasteiger partial charge on any atom is -0.506 e. The van der Waals surface area contributed by atoms with Crippen molar-refractivity contribution in [2.45, 2.75) is 44.1 Å². The summed E-state index contributed by atoms with van der Waals surface area (Å²) in [4.78, 5) is 14.8. The van der Waals surface area contributed by atoms with Crippen molar-refractivity contribution in [3.05, 3.63) is 53.6 Å². The number of hydrogen-bond acceptors (Lipinski definition) is 9. The van der Waals surface area contributed by atoms with E-state index in [0.29, 0.717) is 58.3 Å². The average molecular weight is 558 g/mol. The summed E-state index contributed by atoms with van der Waals surface area (Å²) >= 11 is 0. The standard InChI is InChI=1S/C30H43N3O7/c1-21-18-38-14-12-33(21)29(35)20-40-28-17-31-16-27(30(28)23-6-8-24(37-3)9-7-23)39-19-22-5-10-26(34)25(15-22)32-11-4-13-36-2/h5-10,15,21,27-28,30-32,34H,4,11-14,16-20H2,1-3H3/t21-,27+,28-,30?/m1/s1. The van der Waals surface area contributed by atoms with Gasteiger partial charge in [0.15, 0.2) is 0 Å². The van der Waals surface area contributed by atoms with E-state index in [9.17, 15) is 9.90 Å². The zero-order chi connectivity index (χ0) is 28.3. The number of morpholine rings is 1. The molecule has 2 aromatic rings. The number of nitrogens with one attached hydrogen (secondary N) is 2. The molecule has 220 valence electrons. The van der Waals surface area contributed by atoms with E-state index >= 15 is 0 Å². The Labute approximate surface area is 236 Å². The van der Waals surface area contributed by atoms with Crippen LogP contribution in [0, 0.1) is 0 Å². The summed E-state index contributed by atoms with van der Waals surface area (Å²) in [6.45, 7) is 6.63. The minimum atomic E-state index is -0.259. The van der Waals surface area contributed by atoms with Crippen LogP contribution in [0.5, 0.6) is 11.5 Å². The number of piperidine rings is 1. The van der Waals surface area contributed by atoms with Gasteiger partial charge in [-0.15, -0.1) is 0 Å². The Morgan fingerprint density at radius 3 is 2.62 bits per heavy atom. The smallest absolute Gasteiger partial charge is 0.248 e. The molecule has 3 N–H and O–H groups in total.